The predicted octanol–water partition coefficient (Wildman–Crippen LogP) is 6.59. The lowest BCUT2D eigenvalue weighted by molar-refractivity contribution is -0.274. The summed E-state index contributed by atoms with van der Waals surface area (Å²) in [6.45, 7) is 6.65. The van der Waals surface area contributed by atoms with Gasteiger partial charge >= 0.3 is 6.36 Å². The van der Waals surface area contributed by atoms with Gasteiger partial charge in [0.25, 0.3) is 0 Å². The topological polar surface area (TPSA) is 46.6 Å². The van der Waals surface area contributed by atoms with Crippen LogP contribution in [0, 0.1) is 5.92 Å². The predicted molar refractivity (Wildman–Crippen MR) is 122 cm³/mol. The van der Waals surface area contributed by atoms with Crippen LogP contribution in [0.2, 0.25) is 5.02 Å². The summed E-state index contributed by atoms with van der Waals surface area (Å²) < 4.78 is 41.1. The van der Waals surface area contributed by atoms with Gasteiger partial charge in [-0.15, -0.1) is 13.2 Å². The largest absolute Gasteiger partial charge is 0.573 e. The zero-order valence-corrected chi connectivity index (χ0v) is 19.7. The maximum Gasteiger partial charge on any atom is 0.573 e. The molecule has 1 amide bonds. The highest BCUT2D eigenvalue weighted by Gasteiger charge is 2.33. The standard InChI is InChI=1S/C23H25ClF3NO2.C2H4O/c1-15(2)21(18-5-9-20(10-6-18)30-23(25,26)27)22(29)28-13-11-17(12-14-28)16-3-7-19(24)8-4-16;1-2-3/h3-10,15,17,21H,11-14H2,1-2H3;2H,1H3. The molecule has 8 heteroatoms. The maximum atomic E-state index is 13.2. The van der Waals surface area contributed by atoms with Crippen molar-refractivity contribution in [2.45, 2.75) is 51.8 Å². The lowest BCUT2D eigenvalue weighted by Crippen LogP contribution is -2.41. The van der Waals surface area contributed by atoms with E-state index in [1.54, 1.807) is 12.1 Å². The van der Waals surface area contributed by atoms with Crippen molar-refractivity contribution in [3.8, 4) is 5.75 Å². The molecule has 0 N–H and O–H groups in total. The van der Waals surface area contributed by atoms with Gasteiger partial charge in [0.15, 0.2) is 0 Å². The number of benzene rings is 2. The van der Waals surface area contributed by atoms with Crippen molar-refractivity contribution in [2.24, 2.45) is 5.92 Å². The second-order valence-corrected chi connectivity index (χ2v) is 8.66. The molecule has 0 spiro atoms. The van der Waals surface area contributed by atoms with Crippen LogP contribution in [0.4, 0.5) is 13.2 Å². The number of piperidine rings is 1. The summed E-state index contributed by atoms with van der Waals surface area (Å²) in [5, 5.41) is 0.706. The van der Waals surface area contributed by atoms with E-state index in [0.29, 0.717) is 29.6 Å². The van der Waals surface area contributed by atoms with Gasteiger partial charge in [-0.3, -0.25) is 4.79 Å². The summed E-state index contributed by atoms with van der Waals surface area (Å²) in [6.07, 6.45) is -2.24. The summed E-state index contributed by atoms with van der Waals surface area (Å²) in [7, 11) is 0. The van der Waals surface area contributed by atoms with Crippen LogP contribution in [-0.4, -0.2) is 36.5 Å². The van der Waals surface area contributed by atoms with E-state index < -0.39 is 12.3 Å². The van der Waals surface area contributed by atoms with Gasteiger partial charge < -0.3 is 14.4 Å². The fourth-order valence-corrected chi connectivity index (χ4v) is 4.18. The van der Waals surface area contributed by atoms with Crippen LogP contribution in [0.3, 0.4) is 0 Å². The second kappa shape index (κ2) is 12.1. The molecule has 1 heterocycles. The van der Waals surface area contributed by atoms with Crippen LogP contribution < -0.4 is 4.74 Å². The molecule has 0 radical (unpaired) electrons. The van der Waals surface area contributed by atoms with Crippen molar-refractivity contribution < 1.29 is 27.5 Å². The molecule has 0 saturated carbocycles. The number of halogens is 4. The van der Waals surface area contributed by atoms with Crippen molar-refractivity contribution in [2.75, 3.05) is 13.1 Å². The van der Waals surface area contributed by atoms with Gasteiger partial charge in [-0.1, -0.05) is 49.7 Å². The first kappa shape index (κ1) is 26.7. The van der Waals surface area contributed by atoms with Crippen LogP contribution in [0.25, 0.3) is 0 Å². The van der Waals surface area contributed by atoms with E-state index in [1.807, 2.05) is 43.0 Å². The third-order valence-corrected chi connectivity index (χ3v) is 5.81. The molecule has 1 saturated heterocycles. The zero-order valence-electron chi connectivity index (χ0n) is 18.9. The summed E-state index contributed by atoms with van der Waals surface area (Å²) in [6, 6.07) is 13.5. The van der Waals surface area contributed by atoms with Crippen LogP contribution in [0.15, 0.2) is 48.5 Å². The van der Waals surface area contributed by atoms with E-state index in [4.69, 9.17) is 16.4 Å². The summed E-state index contributed by atoms with van der Waals surface area (Å²) in [5.41, 5.74) is 1.93. The van der Waals surface area contributed by atoms with Gasteiger partial charge in [0, 0.05) is 18.1 Å². The maximum absolute atomic E-state index is 13.2. The van der Waals surface area contributed by atoms with E-state index in [9.17, 15) is 18.0 Å². The lowest BCUT2D eigenvalue weighted by Gasteiger charge is -2.35. The molecule has 2 aromatic carbocycles. The molecule has 1 unspecified atom stereocenters. The third-order valence-electron chi connectivity index (χ3n) is 5.55. The van der Waals surface area contributed by atoms with E-state index in [1.165, 1.54) is 24.6 Å². The molecule has 0 bridgehead atoms. The molecule has 1 aliphatic rings. The number of rotatable bonds is 5. The number of alkyl halides is 3. The average molecular weight is 484 g/mol. The Morgan fingerprint density at radius 3 is 2.03 bits per heavy atom. The number of nitrogens with zero attached hydrogens (tertiary/aromatic N) is 1. The molecule has 1 fully saturated rings. The first-order valence-corrected chi connectivity index (χ1v) is 11.2. The number of aldehydes is 1. The van der Waals surface area contributed by atoms with Gasteiger partial charge in [-0.2, -0.15) is 0 Å². The van der Waals surface area contributed by atoms with Crippen molar-refractivity contribution in [1.82, 2.24) is 4.90 Å². The van der Waals surface area contributed by atoms with Crippen LogP contribution in [0.1, 0.15) is 56.6 Å². The number of ether oxygens (including phenoxy) is 1. The molecule has 33 heavy (non-hydrogen) atoms. The fourth-order valence-electron chi connectivity index (χ4n) is 4.05. The molecule has 0 aromatic heterocycles. The van der Waals surface area contributed by atoms with Crippen LogP contribution in [0.5, 0.6) is 5.75 Å². The normalized spacial score (nSPS) is 15.5. The van der Waals surface area contributed by atoms with Crippen molar-refractivity contribution in [3.63, 3.8) is 0 Å². The van der Waals surface area contributed by atoms with E-state index in [2.05, 4.69) is 4.74 Å². The van der Waals surface area contributed by atoms with E-state index in [-0.39, 0.29) is 17.6 Å². The number of carbonyl (C=O) groups is 2. The van der Waals surface area contributed by atoms with Gasteiger partial charge in [-0.25, -0.2) is 0 Å². The smallest absolute Gasteiger partial charge is 0.406 e. The van der Waals surface area contributed by atoms with Gasteiger partial charge in [0.05, 0.1) is 5.92 Å². The quantitative estimate of drug-likeness (QED) is 0.451. The first-order valence-electron chi connectivity index (χ1n) is 10.9. The number of carbonyl (C=O) groups excluding carboxylic acids is 2. The minimum Gasteiger partial charge on any atom is -0.406 e. The minimum absolute atomic E-state index is 0.0147. The summed E-state index contributed by atoms with van der Waals surface area (Å²) >= 11 is 5.96. The van der Waals surface area contributed by atoms with Gasteiger partial charge in [-0.05, 0) is 67.0 Å². The Morgan fingerprint density at radius 1 is 1.06 bits per heavy atom. The van der Waals surface area contributed by atoms with Gasteiger partial charge in [0.1, 0.15) is 12.0 Å². The Hall–Kier alpha value is -2.54. The highest BCUT2D eigenvalue weighted by atomic mass is 35.5. The molecule has 1 atom stereocenters. The number of hydrogen-bond acceptors (Lipinski definition) is 3. The van der Waals surface area contributed by atoms with Crippen molar-refractivity contribution in [3.05, 3.63) is 64.7 Å². The molecular formula is C25H29ClF3NO3. The monoisotopic (exact) mass is 483 g/mol. The Morgan fingerprint density at radius 2 is 1.58 bits per heavy atom. The molecule has 0 aliphatic carbocycles. The molecule has 2 aromatic rings. The van der Waals surface area contributed by atoms with E-state index >= 15 is 0 Å². The third kappa shape index (κ3) is 8.07. The molecule has 180 valence electrons. The Balaban J connectivity index is 0.00000122. The number of hydrogen-bond donors (Lipinski definition) is 0. The molecular weight excluding hydrogens is 455 g/mol. The van der Waals surface area contributed by atoms with Crippen molar-refractivity contribution in [1.29, 1.82) is 0 Å². The SMILES string of the molecule is CC(C)C(C(=O)N1CCC(c2ccc(Cl)cc2)CC1)c1ccc(OC(F)(F)F)cc1.CC=O. The van der Waals surface area contributed by atoms with Crippen LogP contribution in [-0.2, 0) is 9.59 Å². The fraction of sp³-hybridized carbons (Fsp3) is 0.440. The average Bonchev–Trinajstić information content (AvgIpc) is 2.75. The van der Waals surface area contributed by atoms with E-state index in [0.717, 1.165) is 19.1 Å². The summed E-state index contributed by atoms with van der Waals surface area (Å²) in [5.74, 6) is -0.269. The Kier molecular flexibility index (Phi) is 9.77. The lowest BCUT2D eigenvalue weighted by atomic mass is 9.85. The number of amides is 1. The van der Waals surface area contributed by atoms with Crippen molar-refractivity contribution >= 4 is 23.8 Å². The second-order valence-electron chi connectivity index (χ2n) is 8.23. The molecule has 3 rings (SSSR count). The highest BCUT2D eigenvalue weighted by Crippen LogP contribution is 2.33. The molecule has 4 nitrogen and oxygen atoms in total. The number of likely N-dealkylation sites (tertiary alicyclic amines) is 1. The summed E-state index contributed by atoms with van der Waals surface area (Å²) in [4.78, 5) is 23.9. The minimum atomic E-state index is -4.73. The highest BCUT2D eigenvalue weighted by molar-refractivity contribution is 6.30. The van der Waals surface area contributed by atoms with Gasteiger partial charge in [0.2, 0.25) is 5.91 Å². The zero-order chi connectivity index (χ0) is 24.6. The Bertz CT molecular complexity index is 891. The Labute approximate surface area is 197 Å². The first-order chi connectivity index (χ1) is 15.6. The van der Waals surface area contributed by atoms with Crippen LogP contribution >= 0.6 is 11.6 Å². The molecule has 1 aliphatic heterocycles.